The SMILES string of the molecule is Brc1nccs1.Cc1ccc2c(-c3nc(N[C@H]4CCC[C@@H]4NC(=O)OC(C)(C)C)ncc3C)cn(COCC[Si](C)(C)C)c2c1.Cc1cnc(N[C@H]2CCC[C@@H]2NC(=O)OC(C)(C)C)nc1-c1cn(COCC[Si](C)(C)C)c2cc(-c3nccs3)ccc12. The van der Waals surface area contributed by atoms with Crippen LogP contribution in [0.5, 0.6) is 0 Å². The minimum absolute atomic E-state index is 0.0186. The summed E-state index contributed by atoms with van der Waals surface area (Å²) in [4.78, 5) is 52.4. The van der Waals surface area contributed by atoms with Gasteiger partial charge in [-0.3, -0.25) is 0 Å². The van der Waals surface area contributed by atoms with Crippen LogP contribution in [0.1, 0.15) is 96.8 Å². The Bertz CT molecular complexity index is 3590. The molecule has 0 radical (unpaired) electrons. The predicted molar refractivity (Wildman–Crippen MR) is 368 cm³/mol. The van der Waals surface area contributed by atoms with E-state index < -0.39 is 33.4 Å². The first-order chi connectivity index (χ1) is 41.5. The zero-order chi connectivity index (χ0) is 63.6. The number of anilines is 2. The van der Waals surface area contributed by atoms with Gasteiger partial charge in [0, 0.05) is 117 Å². The summed E-state index contributed by atoms with van der Waals surface area (Å²) in [6, 6.07) is 15.2. The number of hydrogen-bond acceptors (Lipinski definition) is 16. The van der Waals surface area contributed by atoms with E-state index in [9.17, 15) is 9.59 Å². The number of nitrogens with zero attached hydrogens (tertiary/aromatic N) is 8. The predicted octanol–water partition coefficient (Wildman–Crippen LogP) is 16.5. The van der Waals surface area contributed by atoms with Crippen LogP contribution in [0.3, 0.4) is 0 Å². The highest BCUT2D eigenvalue weighted by atomic mass is 79.9. The second-order valence-corrected chi connectivity index (χ2v) is 41.7. The van der Waals surface area contributed by atoms with E-state index in [1.807, 2.05) is 84.7 Å². The van der Waals surface area contributed by atoms with Crippen molar-refractivity contribution in [3.05, 3.63) is 105 Å². The number of nitrogens with one attached hydrogen (secondary N) is 4. The van der Waals surface area contributed by atoms with Crippen LogP contribution < -0.4 is 21.3 Å². The number of hydrogen-bond donors (Lipinski definition) is 4. The second-order valence-electron chi connectivity index (χ2n) is 27.4. The molecule has 0 saturated heterocycles. The molecule has 474 valence electrons. The lowest BCUT2D eigenvalue weighted by Crippen LogP contribution is -2.45. The highest BCUT2D eigenvalue weighted by molar-refractivity contribution is 9.11. The van der Waals surface area contributed by atoms with E-state index in [-0.39, 0.29) is 30.3 Å². The van der Waals surface area contributed by atoms with Gasteiger partial charge in [-0.05, 0) is 158 Å². The molecular weight excluding hydrogens is 1250 g/mol. The number of fused-ring (bicyclic) bond motifs is 2. The van der Waals surface area contributed by atoms with Crippen molar-refractivity contribution in [3.63, 3.8) is 0 Å². The lowest BCUT2D eigenvalue weighted by molar-refractivity contribution is 0.0491. The van der Waals surface area contributed by atoms with Gasteiger partial charge < -0.3 is 49.3 Å². The van der Waals surface area contributed by atoms with Crippen molar-refractivity contribution < 1.29 is 28.5 Å². The van der Waals surface area contributed by atoms with Crippen LogP contribution in [-0.4, -0.2) is 116 Å². The smallest absolute Gasteiger partial charge is 0.407 e. The summed E-state index contributed by atoms with van der Waals surface area (Å²) in [5, 5.41) is 20.2. The maximum Gasteiger partial charge on any atom is 0.407 e. The van der Waals surface area contributed by atoms with Crippen molar-refractivity contribution in [3.8, 4) is 33.1 Å². The Kier molecular flexibility index (Phi) is 22.9. The molecule has 0 aliphatic heterocycles. The van der Waals surface area contributed by atoms with E-state index in [4.69, 9.17) is 28.9 Å². The Balaban J connectivity index is 0.000000208. The van der Waals surface area contributed by atoms with Crippen molar-refractivity contribution in [2.24, 2.45) is 0 Å². The fraction of sp³-hybridized carbons (Fsp3) is 0.508. The molecule has 0 unspecified atom stereocenters. The summed E-state index contributed by atoms with van der Waals surface area (Å²) in [6.07, 6.45) is 16.5. The van der Waals surface area contributed by atoms with E-state index in [1.165, 1.54) is 5.56 Å². The highest BCUT2D eigenvalue weighted by Gasteiger charge is 2.33. The van der Waals surface area contributed by atoms with E-state index in [0.717, 1.165) is 134 Å². The molecule has 6 aromatic heterocycles. The van der Waals surface area contributed by atoms with Crippen molar-refractivity contribution in [2.45, 2.75) is 201 Å². The molecule has 88 heavy (non-hydrogen) atoms. The molecule has 0 bridgehead atoms. The molecule has 10 rings (SSSR count). The molecule has 2 aromatic carbocycles. The monoisotopic (exact) mass is 1330 g/mol. The molecule has 2 aliphatic carbocycles. The minimum atomic E-state index is -1.19. The largest absolute Gasteiger partial charge is 0.444 e. The van der Waals surface area contributed by atoms with Gasteiger partial charge in [0.25, 0.3) is 0 Å². The van der Waals surface area contributed by atoms with Gasteiger partial charge in [-0.25, -0.2) is 39.5 Å². The van der Waals surface area contributed by atoms with Crippen molar-refractivity contribution in [1.29, 1.82) is 0 Å². The van der Waals surface area contributed by atoms with E-state index in [2.05, 4.69) is 161 Å². The third-order valence-electron chi connectivity index (χ3n) is 15.0. The molecular formula is C65H91BrN12O6S2Si2. The molecule has 6 heterocycles. The van der Waals surface area contributed by atoms with Gasteiger partial charge in [0.1, 0.15) is 29.7 Å². The zero-order valence-corrected chi connectivity index (χ0v) is 59.3. The standard InChI is InChI=1S/C32H44N6O3SSi.C30H45N5O3Si.C3H2BrNS/c1-21-18-34-30(35-25-9-8-10-26(25)36-31(39)41-32(2,3)4)37-28(21)24-19-38(20-40-14-16-43(5,6)7)27-17-22(11-12-23(24)27)29-33-13-15-42-29;1-20-12-13-22-23(18-35(26(22)16-20)19-37-14-15-39(6,7)8)27-21(2)17-31-28(34-27)32-24-10-9-11-25(24)33-29(36)38-30(3,4)5;4-3-5-1-2-6-3/h11-13,15,17-19,25-26H,8-10,14,16,20H2,1-7H3,(H,36,39)(H,34,35,37);12-13,16-18,24-25H,9-11,14-15,19H2,1-8H3,(H,33,36)(H,31,32,34);1-2H/t25-,26-;24-,25-;/m00./s1. The molecule has 8 aromatic rings. The van der Waals surface area contributed by atoms with Crippen molar-refractivity contribution >= 4 is 101 Å². The summed E-state index contributed by atoms with van der Waals surface area (Å²) in [5.41, 5.74) is 9.32. The average Bonchev–Trinajstić information content (AvgIpc) is 2.84. The number of halogens is 1. The molecule has 23 heteroatoms. The third-order valence-corrected chi connectivity index (χ3v) is 20.5. The zero-order valence-electron chi connectivity index (χ0n) is 54.1. The van der Waals surface area contributed by atoms with Crippen LogP contribution in [0.15, 0.2) is 88.3 Å². The summed E-state index contributed by atoms with van der Waals surface area (Å²) in [6.45, 7) is 34.1. The summed E-state index contributed by atoms with van der Waals surface area (Å²) in [7, 11) is -2.34. The third kappa shape index (κ3) is 20.0. The van der Waals surface area contributed by atoms with Gasteiger partial charge in [-0.15, -0.1) is 22.7 Å². The van der Waals surface area contributed by atoms with Crippen LogP contribution in [0.25, 0.3) is 54.9 Å². The maximum atomic E-state index is 12.5. The number of benzene rings is 2. The number of rotatable bonds is 19. The molecule has 2 amide bonds. The van der Waals surface area contributed by atoms with Crippen molar-refractivity contribution in [1.82, 2.24) is 49.7 Å². The fourth-order valence-electron chi connectivity index (χ4n) is 10.5. The van der Waals surface area contributed by atoms with E-state index in [0.29, 0.717) is 25.4 Å². The summed E-state index contributed by atoms with van der Waals surface area (Å²) < 4.78 is 28.6. The first kappa shape index (κ1) is 67.8. The quantitative estimate of drug-likeness (QED) is 0.0439. The minimum Gasteiger partial charge on any atom is -0.444 e. The first-order valence-corrected chi connectivity index (χ1v) is 40.5. The lowest BCUT2D eigenvalue weighted by Gasteiger charge is -2.25. The Labute approximate surface area is 538 Å². The van der Waals surface area contributed by atoms with E-state index >= 15 is 0 Å². The van der Waals surface area contributed by atoms with Gasteiger partial charge in [-0.1, -0.05) is 63.5 Å². The van der Waals surface area contributed by atoms with Crippen LogP contribution in [0.2, 0.25) is 51.4 Å². The highest BCUT2D eigenvalue weighted by Crippen LogP contribution is 2.37. The van der Waals surface area contributed by atoms with Gasteiger partial charge in [-0.2, -0.15) is 0 Å². The first-order valence-electron chi connectivity index (χ1n) is 30.6. The molecule has 2 saturated carbocycles. The van der Waals surface area contributed by atoms with Crippen LogP contribution in [0.4, 0.5) is 21.5 Å². The second kappa shape index (κ2) is 29.7. The normalized spacial score (nSPS) is 17.0. The van der Waals surface area contributed by atoms with Gasteiger partial charge >= 0.3 is 12.2 Å². The number of aryl methyl sites for hydroxylation is 3. The number of amides is 2. The number of carbonyl (C=O) groups excluding carboxylic acids is 2. The van der Waals surface area contributed by atoms with E-state index in [1.54, 1.807) is 28.9 Å². The summed E-state index contributed by atoms with van der Waals surface area (Å²) >= 11 is 6.41. The molecule has 2 aliphatic rings. The Morgan fingerprint density at radius 3 is 1.49 bits per heavy atom. The Morgan fingerprint density at radius 1 is 0.614 bits per heavy atom. The van der Waals surface area contributed by atoms with Crippen molar-refractivity contribution in [2.75, 3.05) is 23.8 Å². The number of carbonyl (C=O) groups is 2. The van der Waals surface area contributed by atoms with Crippen LogP contribution in [0, 0.1) is 20.8 Å². The molecule has 4 atom stereocenters. The number of aromatic nitrogens is 8. The average molecular weight is 1340 g/mol. The number of ether oxygens (including phenoxy) is 4. The molecule has 0 spiro atoms. The van der Waals surface area contributed by atoms with Crippen LogP contribution in [-0.2, 0) is 32.4 Å². The summed E-state index contributed by atoms with van der Waals surface area (Å²) in [5.74, 6) is 1.12. The number of thiazole rings is 2. The topological polar surface area (TPSA) is 206 Å². The molecule has 18 nitrogen and oxygen atoms in total. The Morgan fingerprint density at radius 2 is 1.07 bits per heavy atom. The lowest BCUT2D eigenvalue weighted by atomic mass is 10.1. The van der Waals surface area contributed by atoms with Crippen LogP contribution >= 0.6 is 38.6 Å². The van der Waals surface area contributed by atoms with Gasteiger partial charge in [0.2, 0.25) is 11.9 Å². The maximum absolute atomic E-state index is 12.5. The fourth-order valence-corrected chi connectivity index (χ4v) is 13.4. The molecule has 4 N–H and O–H groups in total. The Hall–Kier alpha value is -6.09. The number of alkyl carbamates (subject to hydrolysis) is 2. The van der Waals surface area contributed by atoms with Gasteiger partial charge in [0.15, 0.2) is 3.92 Å². The van der Waals surface area contributed by atoms with Gasteiger partial charge in [0.05, 0.1) is 34.5 Å². The molecule has 2 fully saturated rings.